The number of anilines is 1. The topological polar surface area (TPSA) is 69.6 Å². The highest BCUT2D eigenvalue weighted by Gasteiger charge is 2.27. The standard InChI is InChI=1S/C13H13F3N2O3/c14-8-3-4-9(11(16)10(8)15)17-12(20)13(21)18-5-1-2-7(19)6-18/h3-4,7,19H,1-2,5-6H2,(H,17,20). The van der Waals surface area contributed by atoms with Crippen molar-refractivity contribution in [1.82, 2.24) is 4.90 Å². The van der Waals surface area contributed by atoms with Gasteiger partial charge in [0.2, 0.25) is 0 Å². The lowest BCUT2D eigenvalue weighted by Crippen LogP contribution is -2.46. The maximum absolute atomic E-state index is 13.4. The Kier molecular flexibility index (Phi) is 4.46. The summed E-state index contributed by atoms with van der Waals surface area (Å²) in [5.41, 5.74) is -0.621. The fourth-order valence-electron chi connectivity index (χ4n) is 2.08. The molecule has 0 bridgehead atoms. The Labute approximate surface area is 118 Å². The summed E-state index contributed by atoms with van der Waals surface area (Å²) in [6.07, 6.45) is 0.360. The summed E-state index contributed by atoms with van der Waals surface area (Å²) in [6.45, 7) is 0.302. The van der Waals surface area contributed by atoms with Gasteiger partial charge in [0, 0.05) is 13.1 Å². The van der Waals surface area contributed by atoms with Crippen LogP contribution in [0, 0.1) is 17.5 Å². The second-order valence-electron chi connectivity index (χ2n) is 4.72. The Balaban J connectivity index is 2.07. The first-order chi connectivity index (χ1) is 9.90. The Bertz CT molecular complexity index is 580. The van der Waals surface area contributed by atoms with Crippen LogP contribution in [-0.2, 0) is 9.59 Å². The molecule has 1 heterocycles. The summed E-state index contributed by atoms with van der Waals surface area (Å²) in [7, 11) is 0. The molecule has 114 valence electrons. The summed E-state index contributed by atoms with van der Waals surface area (Å²) < 4.78 is 39.2. The number of aliphatic hydroxyl groups excluding tert-OH is 1. The normalized spacial score (nSPS) is 18.5. The molecule has 1 aromatic rings. The summed E-state index contributed by atoms with van der Waals surface area (Å²) >= 11 is 0. The minimum Gasteiger partial charge on any atom is -0.391 e. The highest BCUT2D eigenvalue weighted by Crippen LogP contribution is 2.20. The zero-order valence-corrected chi connectivity index (χ0v) is 10.9. The number of hydrogen-bond donors (Lipinski definition) is 2. The quantitative estimate of drug-likeness (QED) is 0.601. The summed E-state index contributed by atoms with van der Waals surface area (Å²) in [4.78, 5) is 24.6. The number of rotatable bonds is 1. The van der Waals surface area contributed by atoms with E-state index in [0.29, 0.717) is 25.5 Å². The molecule has 2 N–H and O–H groups in total. The predicted octanol–water partition coefficient (Wildman–Crippen LogP) is 1.03. The second-order valence-corrected chi connectivity index (χ2v) is 4.72. The van der Waals surface area contributed by atoms with E-state index in [1.165, 1.54) is 0 Å². The second kappa shape index (κ2) is 6.13. The maximum Gasteiger partial charge on any atom is 0.313 e. The number of β-amino-alcohol motifs (C(OH)–C–C–N with tert-alkyl or cyclic N) is 1. The lowest BCUT2D eigenvalue weighted by atomic mass is 10.1. The zero-order chi connectivity index (χ0) is 15.6. The molecule has 8 heteroatoms. The van der Waals surface area contributed by atoms with Crippen molar-refractivity contribution >= 4 is 17.5 Å². The predicted molar refractivity (Wildman–Crippen MR) is 66.8 cm³/mol. The molecule has 21 heavy (non-hydrogen) atoms. The highest BCUT2D eigenvalue weighted by atomic mass is 19.2. The molecule has 0 radical (unpaired) electrons. The van der Waals surface area contributed by atoms with E-state index in [4.69, 9.17) is 0 Å². The SMILES string of the molecule is O=C(Nc1ccc(F)c(F)c1F)C(=O)N1CCCC(O)C1. The molecule has 1 aliphatic rings. The van der Waals surface area contributed by atoms with Crippen LogP contribution in [0.4, 0.5) is 18.9 Å². The van der Waals surface area contributed by atoms with Crippen LogP contribution in [0.5, 0.6) is 0 Å². The molecule has 1 aliphatic heterocycles. The van der Waals surface area contributed by atoms with Gasteiger partial charge >= 0.3 is 11.8 Å². The van der Waals surface area contributed by atoms with Gasteiger partial charge in [-0.1, -0.05) is 0 Å². The van der Waals surface area contributed by atoms with Crippen LogP contribution in [-0.4, -0.2) is 41.0 Å². The Morgan fingerprint density at radius 3 is 2.62 bits per heavy atom. The lowest BCUT2D eigenvalue weighted by Gasteiger charge is -2.29. The number of carbonyl (C=O) groups excluding carboxylic acids is 2. The monoisotopic (exact) mass is 302 g/mol. The molecule has 0 spiro atoms. The van der Waals surface area contributed by atoms with Crippen LogP contribution in [0.2, 0.25) is 0 Å². The van der Waals surface area contributed by atoms with Crippen molar-refractivity contribution in [2.24, 2.45) is 0 Å². The average Bonchev–Trinajstić information content (AvgIpc) is 2.47. The Morgan fingerprint density at radius 1 is 1.24 bits per heavy atom. The number of carbonyl (C=O) groups is 2. The molecule has 0 saturated carbocycles. The minimum absolute atomic E-state index is 0.00646. The van der Waals surface area contributed by atoms with Crippen LogP contribution < -0.4 is 5.32 Å². The molecular formula is C13H13F3N2O3. The number of amides is 2. The summed E-state index contributed by atoms with van der Waals surface area (Å²) in [5.74, 6) is -6.83. The van der Waals surface area contributed by atoms with Crippen molar-refractivity contribution in [2.45, 2.75) is 18.9 Å². The Hall–Kier alpha value is -2.09. The molecule has 1 unspecified atom stereocenters. The number of nitrogens with zero attached hydrogens (tertiary/aromatic N) is 1. The smallest absolute Gasteiger partial charge is 0.313 e. The van der Waals surface area contributed by atoms with Crippen molar-refractivity contribution in [2.75, 3.05) is 18.4 Å². The van der Waals surface area contributed by atoms with Crippen LogP contribution in [0.3, 0.4) is 0 Å². The molecule has 1 saturated heterocycles. The van der Waals surface area contributed by atoms with Gasteiger partial charge in [-0.2, -0.15) is 0 Å². The maximum atomic E-state index is 13.4. The van der Waals surface area contributed by atoms with Crippen LogP contribution in [0.25, 0.3) is 0 Å². The molecule has 0 aromatic heterocycles. The van der Waals surface area contributed by atoms with Gasteiger partial charge in [0.25, 0.3) is 0 Å². The summed E-state index contributed by atoms with van der Waals surface area (Å²) in [5, 5.41) is 11.3. The van der Waals surface area contributed by atoms with E-state index >= 15 is 0 Å². The molecule has 5 nitrogen and oxygen atoms in total. The van der Waals surface area contributed by atoms with Crippen LogP contribution in [0.1, 0.15) is 12.8 Å². The zero-order valence-electron chi connectivity index (χ0n) is 10.9. The third-order valence-electron chi connectivity index (χ3n) is 3.16. The van der Waals surface area contributed by atoms with Crippen molar-refractivity contribution in [3.05, 3.63) is 29.6 Å². The Morgan fingerprint density at radius 2 is 1.95 bits per heavy atom. The third kappa shape index (κ3) is 3.33. The first-order valence-electron chi connectivity index (χ1n) is 6.32. The van der Waals surface area contributed by atoms with E-state index < -0.39 is 41.1 Å². The van der Waals surface area contributed by atoms with Crippen LogP contribution >= 0.6 is 0 Å². The number of nitrogens with one attached hydrogen (secondary N) is 1. The van der Waals surface area contributed by atoms with Gasteiger partial charge in [-0.25, -0.2) is 13.2 Å². The largest absolute Gasteiger partial charge is 0.391 e. The van der Waals surface area contributed by atoms with Gasteiger partial charge in [-0.3, -0.25) is 9.59 Å². The van der Waals surface area contributed by atoms with E-state index in [1.807, 2.05) is 5.32 Å². The van der Waals surface area contributed by atoms with E-state index in [2.05, 4.69) is 0 Å². The van der Waals surface area contributed by atoms with E-state index in [-0.39, 0.29) is 6.54 Å². The third-order valence-corrected chi connectivity index (χ3v) is 3.16. The number of aliphatic hydroxyl groups is 1. The van der Waals surface area contributed by atoms with E-state index in [0.717, 1.165) is 11.0 Å². The first kappa shape index (κ1) is 15.3. The van der Waals surface area contributed by atoms with Crippen molar-refractivity contribution in [3.63, 3.8) is 0 Å². The molecule has 0 aliphatic carbocycles. The van der Waals surface area contributed by atoms with Crippen molar-refractivity contribution < 1.29 is 27.9 Å². The fraction of sp³-hybridized carbons (Fsp3) is 0.385. The molecule has 2 amide bonds. The number of likely N-dealkylation sites (tertiary alicyclic amines) is 1. The first-order valence-corrected chi connectivity index (χ1v) is 6.32. The molecule has 1 atom stereocenters. The van der Waals surface area contributed by atoms with E-state index in [9.17, 15) is 27.9 Å². The number of benzene rings is 1. The van der Waals surface area contributed by atoms with Gasteiger partial charge in [-0.05, 0) is 25.0 Å². The number of hydrogen-bond acceptors (Lipinski definition) is 3. The van der Waals surface area contributed by atoms with Gasteiger partial charge in [0.15, 0.2) is 17.5 Å². The van der Waals surface area contributed by atoms with Gasteiger partial charge < -0.3 is 15.3 Å². The molecular weight excluding hydrogens is 289 g/mol. The molecule has 1 fully saturated rings. The van der Waals surface area contributed by atoms with Gasteiger partial charge in [0.05, 0.1) is 11.8 Å². The molecule has 1 aromatic carbocycles. The molecule has 2 rings (SSSR count). The number of piperidine rings is 1. The van der Waals surface area contributed by atoms with Crippen molar-refractivity contribution in [1.29, 1.82) is 0 Å². The van der Waals surface area contributed by atoms with Crippen LogP contribution in [0.15, 0.2) is 12.1 Å². The van der Waals surface area contributed by atoms with Gasteiger partial charge in [0.1, 0.15) is 0 Å². The lowest BCUT2D eigenvalue weighted by molar-refractivity contribution is -0.145. The summed E-state index contributed by atoms with van der Waals surface area (Å²) in [6, 6.07) is 1.47. The number of halogens is 3. The average molecular weight is 302 g/mol. The highest BCUT2D eigenvalue weighted by molar-refractivity contribution is 6.39. The fourth-order valence-corrected chi connectivity index (χ4v) is 2.08. The minimum atomic E-state index is -1.73. The van der Waals surface area contributed by atoms with Crippen molar-refractivity contribution in [3.8, 4) is 0 Å². The van der Waals surface area contributed by atoms with Gasteiger partial charge in [-0.15, -0.1) is 0 Å². The van der Waals surface area contributed by atoms with E-state index in [1.54, 1.807) is 0 Å².